The first-order valence-electron chi connectivity index (χ1n) is 5.66. The van der Waals surface area contributed by atoms with Crippen molar-refractivity contribution in [3.63, 3.8) is 0 Å². The molecule has 16 heavy (non-hydrogen) atoms. The summed E-state index contributed by atoms with van der Waals surface area (Å²) >= 11 is 0. The van der Waals surface area contributed by atoms with Gasteiger partial charge in [0.1, 0.15) is 0 Å². The van der Waals surface area contributed by atoms with Crippen LogP contribution in [0.5, 0.6) is 0 Å². The maximum Gasteiger partial charge on any atom is 0.151 e. The fourth-order valence-electron chi connectivity index (χ4n) is 2.36. The van der Waals surface area contributed by atoms with Gasteiger partial charge in [0, 0.05) is 30.1 Å². The van der Waals surface area contributed by atoms with Crippen LogP contribution in [0.3, 0.4) is 0 Å². The Hall–Kier alpha value is -1.61. The van der Waals surface area contributed by atoms with Gasteiger partial charge in [0.25, 0.3) is 0 Å². The summed E-state index contributed by atoms with van der Waals surface area (Å²) in [6.07, 6.45) is 3.48. The first kappa shape index (κ1) is 9.60. The minimum atomic E-state index is 0.0132. The first-order chi connectivity index (χ1) is 7.84. The minimum Gasteiger partial charge on any atom is -0.361 e. The molecule has 0 amide bonds. The second kappa shape index (κ2) is 3.76. The molecule has 1 atom stereocenters. The van der Waals surface area contributed by atoms with Crippen LogP contribution in [0.15, 0.2) is 30.5 Å². The number of rotatable bonds is 2. The zero-order valence-electron chi connectivity index (χ0n) is 8.99. The van der Waals surface area contributed by atoms with Crippen LogP contribution in [0.25, 0.3) is 10.9 Å². The molecule has 2 aromatic rings. The summed E-state index contributed by atoms with van der Waals surface area (Å²) < 4.78 is 0. The number of ketones is 1. The van der Waals surface area contributed by atoms with Crippen LogP contribution >= 0.6 is 0 Å². The van der Waals surface area contributed by atoms with Crippen LogP contribution in [0.1, 0.15) is 12.0 Å². The molecular weight excluding hydrogens is 200 g/mol. The van der Waals surface area contributed by atoms with Gasteiger partial charge < -0.3 is 10.3 Å². The Kier molecular flexibility index (Phi) is 2.26. The van der Waals surface area contributed by atoms with Gasteiger partial charge in [-0.3, -0.25) is 4.79 Å². The fraction of sp³-hybridized carbons (Fsp3) is 0.308. The second-order valence-electron chi connectivity index (χ2n) is 4.29. The molecule has 1 fully saturated rings. The number of nitrogens with one attached hydrogen (secondary N) is 2. The van der Waals surface area contributed by atoms with E-state index in [-0.39, 0.29) is 6.04 Å². The van der Waals surface area contributed by atoms with Crippen LogP contribution in [-0.2, 0) is 11.2 Å². The summed E-state index contributed by atoms with van der Waals surface area (Å²) in [5.74, 6) is 0.338. The van der Waals surface area contributed by atoms with E-state index in [1.54, 1.807) is 0 Å². The van der Waals surface area contributed by atoms with Gasteiger partial charge in [-0.2, -0.15) is 0 Å². The van der Waals surface area contributed by atoms with E-state index in [0.29, 0.717) is 12.2 Å². The number of hydrogen-bond acceptors (Lipinski definition) is 2. The molecule has 3 rings (SSSR count). The number of carbonyl (C=O) groups excluding carboxylic acids is 1. The predicted molar refractivity (Wildman–Crippen MR) is 63.4 cm³/mol. The average Bonchev–Trinajstić information content (AvgIpc) is 2.88. The van der Waals surface area contributed by atoms with Crippen LogP contribution in [0, 0.1) is 0 Å². The van der Waals surface area contributed by atoms with Crippen molar-refractivity contribution in [1.82, 2.24) is 10.3 Å². The standard InChI is InChI=1S/C13H14N2O/c16-13-5-6-14-12(13)7-9-8-15-11-4-2-1-3-10(9)11/h1-4,8,12,14-15H,5-7H2. The summed E-state index contributed by atoms with van der Waals surface area (Å²) in [4.78, 5) is 14.8. The van der Waals surface area contributed by atoms with E-state index in [9.17, 15) is 4.79 Å². The fourth-order valence-corrected chi connectivity index (χ4v) is 2.36. The van der Waals surface area contributed by atoms with Gasteiger partial charge in [0.2, 0.25) is 0 Å². The van der Waals surface area contributed by atoms with Gasteiger partial charge in [0.05, 0.1) is 6.04 Å². The van der Waals surface area contributed by atoms with E-state index >= 15 is 0 Å². The van der Waals surface area contributed by atoms with Crippen molar-refractivity contribution < 1.29 is 4.79 Å². The number of aromatic nitrogens is 1. The molecule has 1 saturated heterocycles. The number of Topliss-reactive ketones (excluding diaryl/α,β-unsaturated/α-hetero) is 1. The molecule has 82 valence electrons. The summed E-state index contributed by atoms with van der Waals surface area (Å²) in [6, 6.07) is 8.22. The smallest absolute Gasteiger partial charge is 0.151 e. The van der Waals surface area contributed by atoms with Gasteiger partial charge in [-0.25, -0.2) is 0 Å². The third-order valence-corrected chi connectivity index (χ3v) is 3.25. The Morgan fingerprint density at radius 3 is 3.00 bits per heavy atom. The maximum atomic E-state index is 11.6. The van der Waals surface area contributed by atoms with Crippen molar-refractivity contribution in [1.29, 1.82) is 0 Å². The second-order valence-corrected chi connectivity index (χ2v) is 4.29. The largest absolute Gasteiger partial charge is 0.361 e. The van der Waals surface area contributed by atoms with Gasteiger partial charge in [0.15, 0.2) is 5.78 Å². The highest BCUT2D eigenvalue weighted by Gasteiger charge is 2.24. The van der Waals surface area contributed by atoms with Crippen molar-refractivity contribution in [2.75, 3.05) is 6.54 Å². The molecule has 0 radical (unpaired) electrons. The van der Waals surface area contributed by atoms with E-state index in [0.717, 1.165) is 18.5 Å². The topological polar surface area (TPSA) is 44.9 Å². The number of para-hydroxylation sites is 1. The number of aromatic amines is 1. The molecule has 0 bridgehead atoms. The summed E-state index contributed by atoms with van der Waals surface area (Å²) in [6.45, 7) is 0.825. The third kappa shape index (κ3) is 1.53. The lowest BCUT2D eigenvalue weighted by Gasteiger charge is -2.07. The zero-order chi connectivity index (χ0) is 11.0. The number of carbonyl (C=O) groups is 1. The van der Waals surface area contributed by atoms with Gasteiger partial charge in [-0.15, -0.1) is 0 Å². The molecule has 1 aliphatic heterocycles. The molecule has 0 spiro atoms. The molecule has 1 aliphatic rings. The van der Waals surface area contributed by atoms with Crippen molar-refractivity contribution in [2.45, 2.75) is 18.9 Å². The van der Waals surface area contributed by atoms with E-state index in [4.69, 9.17) is 0 Å². The quantitative estimate of drug-likeness (QED) is 0.798. The lowest BCUT2D eigenvalue weighted by Crippen LogP contribution is -2.29. The molecular formula is C13H14N2O. The molecule has 1 unspecified atom stereocenters. The van der Waals surface area contributed by atoms with Gasteiger partial charge in [-0.1, -0.05) is 18.2 Å². The number of H-pyrrole nitrogens is 1. The minimum absolute atomic E-state index is 0.0132. The highest BCUT2D eigenvalue weighted by molar-refractivity contribution is 5.88. The Bertz CT molecular complexity index is 529. The van der Waals surface area contributed by atoms with Crippen molar-refractivity contribution in [3.05, 3.63) is 36.0 Å². The third-order valence-electron chi connectivity index (χ3n) is 3.25. The van der Waals surface area contributed by atoms with Crippen LogP contribution < -0.4 is 5.32 Å². The summed E-state index contributed by atoms with van der Waals surface area (Å²) in [5.41, 5.74) is 2.37. The highest BCUT2D eigenvalue weighted by Crippen LogP contribution is 2.20. The number of hydrogen-bond donors (Lipinski definition) is 2. The van der Waals surface area contributed by atoms with Crippen LogP contribution in [0.2, 0.25) is 0 Å². The van der Waals surface area contributed by atoms with Crippen LogP contribution in [0.4, 0.5) is 0 Å². The van der Waals surface area contributed by atoms with E-state index in [1.165, 1.54) is 10.9 Å². The Morgan fingerprint density at radius 2 is 2.19 bits per heavy atom. The molecule has 1 aromatic heterocycles. The molecule has 2 N–H and O–H groups in total. The average molecular weight is 214 g/mol. The monoisotopic (exact) mass is 214 g/mol. The highest BCUT2D eigenvalue weighted by atomic mass is 16.1. The SMILES string of the molecule is O=C1CCNC1Cc1c[nH]c2ccccc12. The number of benzene rings is 1. The molecule has 3 heteroatoms. The van der Waals surface area contributed by atoms with E-state index in [2.05, 4.69) is 22.4 Å². The van der Waals surface area contributed by atoms with Crippen molar-refractivity contribution in [2.24, 2.45) is 0 Å². The molecule has 0 saturated carbocycles. The van der Waals surface area contributed by atoms with Crippen LogP contribution in [-0.4, -0.2) is 23.4 Å². The normalized spacial score (nSPS) is 20.8. The lowest BCUT2D eigenvalue weighted by molar-refractivity contribution is -0.118. The Balaban J connectivity index is 1.92. The van der Waals surface area contributed by atoms with Gasteiger partial charge in [-0.05, 0) is 18.1 Å². The molecule has 3 nitrogen and oxygen atoms in total. The Labute approximate surface area is 93.9 Å². The molecule has 0 aliphatic carbocycles. The van der Waals surface area contributed by atoms with Gasteiger partial charge >= 0.3 is 0 Å². The molecule has 1 aromatic carbocycles. The summed E-state index contributed by atoms with van der Waals surface area (Å²) in [5, 5.41) is 4.47. The lowest BCUT2D eigenvalue weighted by atomic mass is 10.0. The molecule has 2 heterocycles. The van der Waals surface area contributed by atoms with Crippen molar-refractivity contribution in [3.8, 4) is 0 Å². The van der Waals surface area contributed by atoms with E-state index < -0.39 is 0 Å². The predicted octanol–water partition coefficient (Wildman–Crippen LogP) is 1.64. The van der Waals surface area contributed by atoms with Crippen molar-refractivity contribution >= 4 is 16.7 Å². The first-order valence-corrected chi connectivity index (χ1v) is 5.66. The number of fused-ring (bicyclic) bond motifs is 1. The van der Waals surface area contributed by atoms with E-state index in [1.807, 2.05) is 18.3 Å². The Morgan fingerprint density at radius 1 is 1.31 bits per heavy atom. The maximum absolute atomic E-state index is 11.6. The summed E-state index contributed by atoms with van der Waals surface area (Å²) in [7, 11) is 0. The zero-order valence-corrected chi connectivity index (χ0v) is 8.99.